The standard InChI is InChI=1S/C17H22N4O4/c1-3-17(4-2,16(23)24)11-19-13(22)8-9-14-20-15(21-25-14)12-7-5-6-10-18-12/h5-7,10H,3-4,8-9,11H2,1-2H3,(H,19,22)(H,23,24). The fourth-order valence-corrected chi connectivity index (χ4v) is 2.41. The summed E-state index contributed by atoms with van der Waals surface area (Å²) in [6.45, 7) is 3.72. The van der Waals surface area contributed by atoms with E-state index in [9.17, 15) is 14.7 Å². The third-order valence-corrected chi connectivity index (χ3v) is 4.36. The van der Waals surface area contributed by atoms with Gasteiger partial charge in [-0.3, -0.25) is 14.6 Å². The number of carbonyl (C=O) groups excluding carboxylic acids is 1. The summed E-state index contributed by atoms with van der Waals surface area (Å²) >= 11 is 0. The first-order valence-corrected chi connectivity index (χ1v) is 8.25. The summed E-state index contributed by atoms with van der Waals surface area (Å²) in [5.74, 6) is -0.427. The molecule has 0 aromatic carbocycles. The molecular formula is C17H22N4O4. The normalized spacial score (nSPS) is 11.3. The minimum absolute atomic E-state index is 0.108. The third-order valence-electron chi connectivity index (χ3n) is 4.36. The van der Waals surface area contributed by atoms with Gasteiger partial charge in [-0.1, -0.05) is 25.1 Å². The van der Waals surface area contributed by atoms with Crippen LogP contribution in [0.25, 0.3) is 11.5 Å². The maximum Gasteiger partial charge on any atom is 0.311 e. The topological polar surface area (TPSA) is 118 Å². The van der Waals surface area contributed by atoms with Gasteiger partial charge in [0.25, 0.3) is 0 Å². The van der Waals surface area contributed by atoms with Gasteiger partial charge in [-0.05, 0) is 25.0 Å². The molecule has 0 radical (unpaired) electrons. The van der Waals surface area contributed by atoms with Crippen LogP contribution in [0, 0.1) is 5.41 Å². The lowest BCUT2D eigenvalue weighted by Crippen LogP contribution is -2.42. The van der Waals surface area contributed by atoms with Crippen LogP contribution in [0.4, 0.5) is 0 Å². The zero-order valence-electron chi connectivity index (χ0n) is 14.4. The second-order valence-electron chi connectivity index (χ2n) is 5.80. The number of carbonyl (C=O) groups is 2. The van der Waals surface area contributed by atoms with Crippen LogP contribution in [0.3, 0.4) is 0 Å². The average molecular weight is 346 g/mol. The summed E-state index contributed by atoms with van der Waals surface area (Å²) in [6, 6.07) is 5.38. The number of hydrogen-bond acceptors (Lipinski definition) is 6. The highest BCUT2D eigenvalue weighted by Gasteiger charge is 2.35. The van der Waals surface area contributed by atoms with E-state index in [4.69, 9.17) is 4.52 Å². The van der Waals surface area contributed by atoms with Crippen molar-refractivity contribution in [1.29, 1.82) is 0 Å². The third kappa shape index (κ3) is 4.62. The Labute approximate surface area is 145 Å². The first kappa shape index (κ1) is 18.6. The van der Waals surface area contributed by atoms with Crippen LogP contribution in [-0.2, 0) is 16.0 Å². The number of carboxylic acid groups (broad SMARTS) is 1. The van der Waals surface area contributed by atoms with Crippen molar-refractivity contribution in [1.82, 2.24) is 20.4 Å². The summed E-state index contributed by atoms with van der Waals surface area (Å²) < 4.78 is 5.12. The predicted molar refractivity (Wildman–Crippen MR) is 89.5 cm³/mol. The quantitative estimate of drug-likeness (QED) is 0.713. The van der Waals surface area contributed by atoms with Crippen LogP contribution >= 0.6 is 0 Å². The summed E-state index contributed by atoms with van der Waals surface area (Å²) in [5, 5.41) is 15.9. The average Bonchev–Trinajstić information content (AvgIpc) is 3.11. The lowest BCUT2D eigenvalue weighted by Gasteiger charge is -2.26. The second kappa shape index (κ2) is 8.36. The second-order valence-corrected chi connectivity index (χ2v) is 5.80. The van der Waals surface area contributed by atoms with Crippen molar-refractivity contribution in [2.45, 2.75) is 39.5 Å². The van der Waals surface area contributed by atoms with Crippen LogP contribution in [-0.4, -0.2) is 38.7 Å². The lowest BCUT2D eigenvalue weighted by molar-refractivity contribution is -0.149. The van der Waals surface area contributed by atoms with Crippen molar-refractivity contribution >= 4 is 11.9 Å². The van der Waals surface area contributed by atoms with E-state index in [2.05, 4.69) is 20.4 Å². The number of aromatic nitrogens is 3. The summed E-state index contributed by atoms with van der Waals surface area (Å²) in [4.78, 5) is 31.7. The first-order chi connectivity index (χ1) is 12.0. The highest BCUT2D eigenvalue weighted by atomic mass is 16.5. The molecule has 8 nitrogen and oxygen atoms in total. The van der Waals surface area contributed by atoms with Crippen LogP contribution < -0.4 is 5.32 Å². The van der Waals surface area contributed by atoms with Gasteiger partial charge in [0.15, 0.2) is 0 Å². The van der Waals surface area contributed by atoms with Gasteiger partial charge < -0.3 is 14.9 Å². The number of rotatable bonds is 9. The number of amides is 1. The Morgan fingerprint density at radius 2 is 2.04 bits per heavy atom. The number of aliphatic carboxylic acids is 1. The molecule has 134 valence electrons. The van der Waals surface area contributed by atoms with Gasteiger partial charge in [-0.15, -0.1) is 0 Å². The van der Waals surface area contributed by atoms with E-state index in [0.29, 0.717) is 30.3 Å². The molecule has 2 rings (SSSR count). The van der Waals surface area contributed by atoms with Crippen molar-refractivity contribution in [3.63, 3.8) is 0 Å². The Kier molecular flexibility index (Phi) is 6.21. The monoisotopic (exact) mass is 346 g/mol. The minimum atomic E-state index is -0.924. The van der Waals surface area contributed by atoms with Crippen molar-refractivity contribution < 1.29 is 19.2 Å². The summed E-state index contributed by atoms with van der Waals surface area (Å²) in [6.07, 6.45) is 2.97. The minimum Gasteiger partial charge on any atom is -0.481 e. The maximum atomic E-state index is 12.0. The summed E-state index contributed by atoms with van der Waals surface area (Å²) in [5.41, 5.74) is -0.328. The molecule has 0 fully saturated rings. The Balaban J connectivity index is 1.86. The SMILES string of the molecule is CCC(CC)(CNC(=O)CCc1nc(-c2ccccn2)no1)C(=O)O. The number of aryl methyl sites for hydroxylation is 1. The zero-order chi connectivity index (χ0) is 18.3. The number of nitrogens with zero attached hydrogens (tertiary/aromatic N) is 3. The van der Waals surface area contributed by atoms with Gasteiger partial charge in [-0.25, -0.2) is 0 Å². The van der Waals surface area contributed by atoms with Crippen LogP contribution in [0.5, 0.6) is 0 Å². The van der Waals surface area contributed by atoms with Gasteiger partial charge in [0.1, 0.15) is 5.69 Å². The van der Waals surface area contributed by atoms with Crippen LogP contribution in [0.2, 0.25) is 0 Å². The molecule has 25 heavy (non-hydrogen) atoms. The Bertz CT molecular complexity index is 710. The highest BCUT2D eigenvalue weighted by molar-refractivity contribution is 5.79. The fourth-order valence-electron chi connectivity index (χ4n) is 2.41. The smallest absolute Gasteiger partial charge is 0.311 e. The number of hydrogen-bond donors (Lipinski definition) is 2. The molecule has 0 aliphatic carbocycles. The first-order valence-electron chi connectivity index (χ1n) is 8.25. The highest BCUT2D eigenvalue weighted by Crippen LogP contribution is 2.25. The van der Waals surface area contributed by atoms with Crippen molar-refractivity contribution in [3.05, 3.63) is 30.3 Å². The lowest BCUT2D eigenvalue weighted by atomic mass is 9.82. The molecule has 8 heteroatoms. The predicted octanol–water partition coefficient (Wildman–Crippen LogP) is 2.07. The van der Waals surface area contributed by atoms with Gasteiger partial charge in [0.2, 0.25) is 17.6 Å². The maximum absolute atomic E-state index is 12.0. The molecule has 0 aliphatic heterocycles. The molecule has 2 aromatic heterocycles. The van der Waals surface area contributed by atoms with E-state index in [1.807, 2.05) is 6.07 Å². The van der Waals surface area contributed by atoms with Gasteiger partial charge in [0.05, 0.1) is 5.41 Å². The van der Waals surface area contributed by atoms with Crippen LogP contribution in [0.15, 0.2) is 28.9 Å². The Hall–Kier alpha value is -2.77. The molecule has 0 spiro atoms. The van der Waals surface area contributed by atoms with E-state index in [1.54, 1.807) is 32.2 Å². The van der Waals surface area contributed by atoms with E-state index in [-0.39, 0.29) is 25.3 Å². The molecule has 0 saturated carbocycles. The number of carboxylic acids is 1. The van der Waals surface area contributed by atoms with Crippen molar-refractivity contribution in [3.8, 4) is 11.5 Å². The van der Waals surface area contributed by atoms with Gasteiger partial charge in [-0.2, -0.15) is 4.98 Å². The molecule has 2 heterocycles. The van der Waals surface area contributed by atoms with Gasteiger partial charge in [0, 0.05) is 25.6 Å². The zero-order valence-corrected chi connectivity index (χ0v) is 14.4. The van der Waals surface area contributed by atoms with E-state index >= 15 is 0 Å². The summed E-state index contributed by atoms with van der Waals surface area (Å²) in [7, 11) is 0. The van der Waals surface area contributed by atoms with E-state index in [0.717, 1.165) is 0 Å². The van der Waals surface area contributed by atoms with Crippen molar-refractivity contribution in [2.75, 3.05) is 6.54 Å². The largest absolute Gasteiger partial charge is 0.481 e. The van der Waals surface area contributed by atoms with Gasteiger partial charge >= 0.3 is 5.97 Å². The molecule has 2 N–H and O–H groups in total. The molecular weight excluding hydrogens is 324 g/mol. The number of nitrogens with one attached hydrogen (secondary N) is 1. The Morgan fingerprint density at radius 3 is 2.64 bits per heavy atom. The Morgan fingerprint density at radius 1 is 1.28 bits per heavy atom. The molecule has 0 bridgehead atoms. The fraction of sp³-hybridized carbons (Fsp3) is 0.471. The molecule has 0 saturated heterocycles. The molecule has 1 amide bonds. The molecule has 2 aromatic rings. The molecule has 0 unspecified atom stereocenters. The van der Waals surface area contributed by atoms with Crippen molar-refractivity contribution in [2.24, 2.45) is 5.41 Å². The van der Waals surface area contributed by atoms with Crippen LogP contribution in [0.1, 0.15) is 39.0 Å². The number of pyridine rings is 1. The molecule has 0 aliphatic rings. The van der Waals surface area contributed by atoms with E-state index in [1.165, 1.54) is 0 Å². The van der Waals surface area contributed by atoms with E-state index < -0.39 is 11.4 Å². The molecule has 0 atom stereocenters.